The smallest absolute Gasteiger partial charge is 0.141 e. The number of benzene rings is 1. The minimum Gasteiger partial charge on any atom is -0.508 e. The fourth-order valence-corrected chi connectivity index (χ4v) is 5.68. The molecule has 1 N–H and O–H groups in total. The number of aryl methyl sites for hydroxylation is 1. The summed E-state index contributed by atoms with van der Waals surface area (Å²) in [4.78, 5) is 12.6. The number of phenols is 1. The topological polar surface area (TPSA) is 37.3 Å². The Kier molecular flexibility index (Phi) is 2.76. The number of carbonyl (C=O) groups excluding carboxylic acids is 1. The van der Waals surface area contributed by atoms with Crippen molar-refractivity contribution in [3.63, 3.8) is 0 Å². The summed E-state index contributed by atoms with van der Waals surface area (Å²) in [5.41, 5.74) is 2.71. The molecule has 0 aromatic heterocycles. The van der Waals surface area contributed by atoms with Crippen LogP contribution in [0.25, 0.3) is 0 Å². The molecule has 0 aliphatic heterocycles. The second-order valence-corrected chi connectivity index (χ2v) is 7.76. The van der Waals surface area contributed by atoms with Gasteiger partial charge in [0.25, 0.3) is 0 Å². The molecule has 3 aliphatic rings. The van der Waals surface area contributed by atoms with Gasteiger partial charge in [0.1, 0.15) is 11.5 Å². The molecule has 0 saturated heterocycles. The summed E-state index contributed by atoms with van der Waals surface area (Å²) in [5.74, 6) is 2.99. The van der Waals surface area contributed by atoms with Gasteiger partial charge in [-0.05, 0) is 73.1 Å². The summed E-state index contributed by atoms with van der Waals surface area (Å²) < 4.78 is 0. The molecule has 1 aromatic carbocycles. The summed E-state index contributed by atoms with van der Waals surface area (Å²) in [6.07, 6.45) is 5.50. The summed E-state index contributed by atoms with van der Waals surface area (Å²) in [5, 5.41) is 9.70. The van der Waals surface area contributed by atoms with E-state index in [1.54, 1.807) is 0 Å². The van der Waals surface area contributed by atoms with Gasteiger partial charge in [-0.15, -0.1) is 0 Å². The van der Waals surface area contributed by atoms with Crippen LogP contribution in [0, 0.1) is 23.2 Å². The Morgan fingerprint density at radius 1 is 1.29 bits per heavy atom. The fourth-order valence-electron chi connectivity index (χ4n) is 5.68. The minimum absolute atomic E-state index is 0.0605. The van der Waals surface area contributed by atoms with E-state index >= 15 is 0 Å². The maximum Gasteiger partial charge on any atom is 0.141 e. The lowest BCUT2D eigenvalue weighted by Gasteiger charge is -2.48. The second kappa shape index (κ2) is 4.34. The van der Waals surface area contributed by atoms with E-state index < -0.39 is 0 Å². The monoisotopic (exact) mass is 284 g/mol. The molecule has 0 amide bonds. The van der Waals surface area contributed by atoms with Crippen LogP contribution in [0.2, 0.25) is 0 Å². The first-order valence-electron chi connectivity index (χ1n) is 8.37. The number of hydrogen-bond donors (Lipinski definition) is 1. The highest BCUT2D eigenvalue weighted by Gasteiger charge is 2.56. The number of carbonyl (C=O) groups is 1. The molecular weight excluding hydrogens is 260 g/mol. The number of phenolic OH excluding ortho intramolecular Hbond substituents is 1. The predicted octanol–water partition coefficient (Wildman–Crippen LogP) is 4.06. The van der Waals surface area contributed by atoms with Gasteiger partial charge < -0.3 is 5.11 Å². The highest BCUT2D eigenvalue weighted by Crippen LogP contribution is 2.60. The predicted molar refractivity (Wildman–Crippen MR) is 82.3 cm³/mol. The van der Waals surface area contributed by atoms with Crippen molar-refractivity contribution in [3.8, 4) is 5.75 Å². The van der Waals surface area contributed by atoms with E-state index in [0.29, 0.717) is 29.3 Å². The zero-order valence-electron chi connectivity index (χ0n) is 12.9. The van der Waals surface area contributed by atoms with E-state index in [2.05, 4.69) is 19.9 Å². The number of ketones is 1. The van der Waals surface area contributed by atoms with E-state index in [4.69, 9.17) is 0 Å². The third-order valence-electron chi connectivity index (χ3n) is 6.72. The van der Waals surface area contributed by atoms with Crippen LogP contribution in [0.3, 0.4) is 0 Å². The third kappa shape index (κ3) is 1.74. The van der Waals surface area contributed by atoms with Gasteiger partial charge in [0.05, 0.1) is 0 Å². The van der Waals surface area contributed by atoms with Crippen molar-refractivity contribution in [3.05, 3.63) is 29.3 Å². The molecule has 3 aliphatic carbocycles. The maximum atomic E-state index is 12.6. The van der Waals surface area contributed by atoms with Crippen molar-refractivity contribution in [2.75, 3.05) is 0 Å². The van der Waals surface area contributed by atoms with E-state index in [9.17, 15) is 9.90 Å². The van der Waals surface area contributed by atoms with Crippen molar-refractivity contribution < 1.29 is 9.90 Å². The molecular formula is C19H24O2. The lowest BCUT2D eigenvalue weighted by Crippen LogP contribution is -2.42. The Labute approximate surface area is 126 Å². The standard InChI is InChI=1S/C19H24O2/c1-11-9-17-16-5-3-12-10-13(20)4-6-14(12)15(16)7-8-19(17,2)18(11)21/h4,6,10-11,15-17,20H,3,5,7-9H2,1-2H3/t11?,15-,16-,17+,19+/m1/s1. The van der Waals surface area contributed by atoms with E-state index in [1.807, 2.05) is 12.1 Å². The van der Waals surface area contributed by atoms with Crippen LogP contribution in [-0.4, -0.2) is 10.9 Å². The first kappa shape index (κ1) is 13.4. The average Bonchev–Trinajstić information content (AvgIpc) is 2.70. The average molecular weight is 284 g/mol. The van der Waals surface area contributed by atoms with E-state index in [0.717, 1.165) is 25.7 Å². The van der Waals surface area contributed by atoms with Crippen LogP contribution >= 0.6 is 0 Å². The van der Waals surface area contributed by atoms with Crippen molar-refractivity contribution >= 4 is 5.78 Å². The zero-order valence-corrected chi connectivity index (χ0v) is 12.9. The van der Waals surface area contributed by atoms with Gasteiger partial charge in [0, 0.05) is 11.3 Å². The Balaban J connectivity index is 1.73. The molecule has 0 spiro atoms. The fraction of sp³-hybridized carbons (Fsp3) is 0.632. The van der Waals surface area contributed by atoms with Gasteiger partial charge in [0.15, 0.2) is 0 Å². The summed E-state index contributed by atoms with van der Waals surface area (Å²) >= 11 is 0. The van der Waals surface area contributed by atoms with Crippen LogP contribution in [0.15, 0.2) is 18.2 Å². The van der Waals surface area contributed by atoms with Crippen LogP contribution in [0.1, 0.15) is 56.6 Å². The van der Waals surface area contributed by atoms with Crippen LogP contribution in [0.4, 0.5) is 0 Å². The number of Topliss-reactive ketones (excluding diaryl/α,β-unsaturated/α-hetero) is 1. The number of hydrogen-bond acceptors (Lipinski definition) is 2. The molecule has 4 rings (SSSR count). The summed E-state index contributed by atoms with van der Waals surface area (Å²) in [6.45, 7) is 4.35. The Bertz CT molecular complexity index is 606. The van der Waals surface area contributed by atoms with E-state index in [-0.39, 0.29) is 11.3 Å². The van der Waals surface area contributed by atoms with Crippen molar-refractivity contribution in [1.29, 1.82) is 0 Å². The Morgan fingerprint density at radius 2 is 2.10 bits per heavy atom. The molecule has 1 aromatic rings. The van der Waals surface area contributed by atoms with Crippen molar-refractivity contribution in [2.24, 2.45) is 23.2 Å². The molecule has 5 atom stereocenters. The first-order chi connectivity index (χ1) is 10.0. The van der Waals surface area contributed by atoms with Crippen molar-refractivity contribution in [2.45, 2.75) is 51.9 Å². The summed E-state index contributed by atoms with van der Waals surface area (Å²) in [6, 6.07) is 5.91. The lowest BCUT2D eigenvalue weighted by atomic mass is 9.55. The van der Waals surface area contributed by atoms with Gasteiger partial charge in [-0.2, -0.15) is 0 Å². The zero-order chi connectivity index (χ0) is 14.8. The van der Waals surface area contributed by atoms with Crippen LogP contribution in [-0.2, 0) is 11.2 Å². The molecule has 1 unspecified atom stereocenters. The molecule has 112 valence electrons. The normalized spacial score (nSPS) is 41.3. The maximum absolute atomic E-state index is 12.6. The Morgan fingerprint density at radius 3 is 2.90 bits per heavy atom. The molecule has 0 heterocycles. The van der Waals surface area contributed by atoms with Gasteiger partial charge in [-0.25, -0.2) is 0 Å². The van der Waals surface area contributed by atoms with Gasteiger partial charge >= 0.3 is 0 Å². The number of fused-ring (bicyclic) bond motifs is 5. The van der Waals surface area contributed by atoms with Gasteiger partial charge in [0.2, 0.25) is 0 Å². The molecule has 21 heavy (non-hydrogen) atoms. The minimum atomic E-state index is -0.0605. The van der Waals surface area contributed by atoms with Crippen LogP contribution < -0.4 is 0 Å². The molecule has 2 nitrogen and oxygen atoms in total. The lowest BCUT2D eigenvalue weighted by molar-refractivity contribution is -0.131. The SMILES string of the molecule is CC1C[C@H]2[C@@H]3CCc4cc(O)ccc4[C@H]3CC[C@]2(C)C1=O. The summed E-state index contributed by atoms with van der Waals surface area (Å²) in [7, 11) is 0. The second-order valence-electron chi connectivity index (χ2n) is 7.76. The quantitative estimate of drug-likeness (QED) is 0.780. The highest BCUT2D eigenvalue weighted by atomic mass is 16.3. The van der Waals surface area contributed by atoms with Crippen molar-refractivity contribution in [1.82, 2.24) is 0 Å². The van der Waals surface area contributed by atoms with E-state index in [1.165, 1.54) is 17.5 Å². The molecule has 2 saturated carbocycles. The van der Waals surface area contributed by atoms with Gasteiger partial charge in [-0.3, -0.25) is 4.79 Å². The number of aromatic hydroxyl groups is 1. The molecule has 0 bridgehead atoms. The first-order valence-corrected chi connectivity index (χ1v) is 8.37. The Hall–Kier alpha value is -1.31. The third-order valence-corrected chi connectivity index (χ3v) is 6.72. The largest absolute Gasteiger partial charge is 0.508 e. The number of rotatable bonds is 0. The van der Waals surface area contributed by atoms with Gasteiger partial charge in [-0.1, -0.05) is 19.9 Å². The molecule has 2 fully saturated rings. The van der Waals surface area contributed by atoms with Crippen LogP contribution in [0.5, 0.6) is 5.75 Å². The highest BCUT2D eigenvalue weighted by molar-refractivity contribution is 5.89. The molecule has 0 radical (unpaired) electrons. The molecule has 2 heteroatoms.